The Morgan fingerprint density at radius 2 is 1.88 bits per heavy atom. The van der Waals surface area contributed by atoms with Crippen molar-refractivity contribution < 1.29 is 9.90 Å². The smallest absolute Gasteiger partial charge is 0.269 e. The Hall–Kier alpha value is -2.91. The molecule has 1 aliphatic rings. The number of carbonyl (C=O) groups excluding carboxylic acids is 1. The van der Waals surface area contributed by atoms with Gasteiger partial charge in [-0.05, 0) is 12.1 Å². The minimum Gasteiger partial charge on any atom is -0.395 e. The lowest BCUT2D eigenvalue weighted by Gasteiger charge is -2.35. The number of benzene rings is 1. The van der Waals surface area contributed by atoms with Crippen molar-refractivity contribution in [2.45, 2.75) is 0 Å². The van der Waals surface area contributed by atoms with Crippen LogP contribution in [0.1, 0.15) is 10.4 Å². The molecule has 0 aliphatic carbocycles. The Bertz CT molecular complexity index is 733. The molecule has 0 atom stereocenters. The van der Waals surface area contributed by atoms with Crippen LogP contribution >= 0.6 is 0 Å². The third kappa shape index (κ3) is 4.19. The molecule has 1 fully saturated rings. The second-order valence-electron chi connectivity index (χ2n) is 5.96. The molecule has 0 saturated carbocycles. The molecule has 0 radical (unpaired) electrons. The zero-order chi connectivity index (χ0) is 18.4. The number of piperazine rings is 1. The number of hydrogen-bond donors (Lipinski definition) is 4. The van der Waals surface area contributed by atoms with E-state index in [-0.39, 0.29) is 12.5 Å². The molecule has 138 valence electrons. The number of nitrogen functional groups attached to an aromatic ring is 1. The van der Waals surface area contributed by atoms with Gasteiger partial charge in [0.05, 0.1) is 6.61 Å². The van der Waals surface area contributed by atoms with Crippen molar-refractivity contribution >= 4 is 23.2 Å². The fraction of sp³-hybridized carbons (Fsp3) is 0.353. The maximum absolute atomic E-state index is 12.1. The van der Waals surface area contributed by atoms with Crippen molar-refractivity contribution in [2.75, 3.05) is 55.4 Å². The second-order valence-corrected chi connectivity index (χ2v) is 5.96. The number of nitrogens with zero attached hydrogens (tertiary/aromatic N) is 4. The van der Waals surface area contributed by atoms with Crippen LogP contribution in [0.25, 0.3) is 0 Å². The first-order chi connectivity index (χ1) is 12.7. The predicted molar refractivity (Wildman–Crippen MR) is 99.7 cm³/mol. The molecule has 2 aromatic rings. The molecule has 0 unspecified atom stereocenters. The first kappa shape index (κ1) is 17.9. The van der Waals surface area contributed by atoms with Crippen LogP contribution in [0.5, 0.6) is 0 Å². The van der Waals surface area contributed by atoms with Gasteiger partial charge in [0.25, 0.3) is 5.91 Å². The first-order valence-electron chi connectivity index (χ1n) is 8.49. The lowest BCUT2D eigenvalue weighted by atomic mass is 10.2. The van der Waals surface area contributed by atoms with Gasteiger partial charge in [-0.25, -0.2) is 9.97 Å². The van der Waals surface area contributed by atoms with Crippen LogP contribution in [0.3, 0.4) is 0 Å². The van der Waals surface area contributed by atoms with Crippen LogP contribution in [0, 0.1) is 0 Å². The van der Waals surface area contributed by atoms with Crippen LogP contribution in [0.4, 0.5) is 17.3 Å². The zero-order valence-electron chi connectivity index (χ0n) is 14.4. The molecule has 5 N–H and O–H groups in total. The SMILES string of the molecule is Nc1c(NNC(=O)c2ccccc2)ncnc1N1CCN(CCO)CC1. The van der Waals surface area contributed by atoms with Crippen molar-refractivity contribution in [3.8, 4) is 0 Å². The maximum Gasteiger partial charge on any atom is 0.269 e. The number of rotatable bonds is 6. The highest BCUT2D eigenvalue weighted by atomic mass is 16.3. The summed E-state index contributed by atoms with van der Waals surface area (Å²) in [5, 5.41) is 9.03. The Kier molecular flexibility index (Phi) is 5.82. The van der Waals surface area contributed by atoms with Crippen molar-refractivity contribution in [1.29, 1.82) is 0 Å². The Morgan fingerprint density at radius 1 is 1.15 bits per heavy atom. The van der Waals surface area contributed by atoms with Gasteiger partial charge >= 0.3 is 0 Å². The molecule has 2 heterocycles. The number of amides is 1. The number of hydrazine groups is 1. The number of aliphatic hydroxyl groups excluding tert-OH is 1. The fourth-order valence-corrected chi connectivity index (χ4v) is 2.84. The van der Waals surface area contributed by atoms with E-state index in [2.05, 4.69) is 30.6 Å². The number of nitrogens with two attached hydrogens (primary N) is 1. The average Bonchev–Trinajstić information content (AvgIpc) is 2.69. The van der Waals surface area contributed by atoms with E-state index < -0.39 is 0 Å². The van der Waals surface area contributed by atoms with E-state index in [4.69, 9.17) is 10.8 Å². The summed E-state index contributed by atoms with van der Waals surface area (Å²) in [5.74, 6) is 0.722. The molecule has 9 heteroatoms. The monoisotopic (exact) mass is 357 g/mol. The Morgan fingerprint density at radius 3 is 2.58 bits per heavy atom. The van der Waals surface area contributed by atoms with Crippen molar-refractivity contribution in [3.05, 3.63) is 42.2 Å². The number of β-amino-alcohol motifs (C(OH)–C–C–N with tert-alkyl or cyclic N) is 1. The molecule has 1 aromatic carbocycles. The van der Waals surface area contributed by atoms with Gasteiger partial charge in [-0.1, -0.05) is 18.2 Å². The molecular weight excluding hydrogens is 334 g/mol. The number of nitrogens with one attached hydrogen (secondary N) is 2. The number of hydrogen-bond acceptors (Lipinski definition) is 8. The van der Waals surface area contributed by atoms with Gasteiger partial charge in [-0.2, -0.15) is 0 Å². The summed E-state index contributed by atoms with van der Waals surface area (Å²) in [4.78, 5) is 24.8. The molecule has 1 aliphatic heterocycles. The van der Waals surface area contributed by atoms with E-state index in [1.54, 1.807) is 24.3 Å². The molecular formula is C17H23N7O2. The summed E-state index contributed by atoms with van der Waals surface area (Å²) in [6.07, 6.45) is 1.42. The Balaban J connectivity index is 1.63. The molecule has 0 spiro atoms. The van der Waals surface area contributed by atoms with Crippen molar-refractivity contribution in [3.63, 3.8) is 0 Å². The summed E-state index contributed by atoms with van der Waals surface area (Å²) < 4.78 is 0. The van der Waals surface area contributed by atoms with E-state index in [9.17, 15) is 4.79 Å². The number of aliphatic hydroxyl groups is 1. The highest BCUT2D eigenvalue weighted by molar-refractivity contribution is 5.95. The largest absolute Gasteiger partial charge is 0.395 e. The summed E-state index contributed by atoms with van der Waals surface area (Å²) >= 11 is 0. The van der Waals surface area contributed by atoms with Gasteiger partial charge in [-0.15, -0.1) is 0 Å². The summed E-state index contributed by atoms with van der Waals surface area (Å²) in [6.45, 7) is 4.01. The van der Waals surface area contributed by atoms with Crippen LogP contribution in [0.15, 0.2) is 36.7 Å². The van der Waals surface area contributed by atoms with Crippen molar-refractivity contribution in [2.24, 2.45) is 0 Å². The molecule has 1 amide bonds. The van der Waals surface area contributed by atoms with E-state index in [0.29, 0.717) is 29.4 Å². The van der Waals surface area contributed by atoms with Gasteiger partial charge in [-0.3, -0.25) is 20.5 Å². The highest BCUT2D eigenvalue weighted by Crippen LogP contribution is 2.26. The van der Waals surface area contributed by atoms with E-state index in [0.717, 1.165) is 26.2 Å². The summed E-state index contributed by atoms with van der Waals surface area (Å²) in [6, 6.07) is 8.87. The lowest BCUT2D eigenvalue weighted by molar-refractivity contribution is 0.0962. The third-order valence-electron chi connectivity index (χ3n) is 4.28. The van der Waals surface area contributed by atoms with E-state index in [1.165, 1.54) is 6.33 Å². The normalized spacial score (nSPS) is 14.9. The molecule has 9 nitrogen and oxygen atoms in total. The molecule has 26 heavy (non-hydrogen) atoms. The maximum atomic E-state index is 12.1. The minimum absolute atomic E-state index is 0.158. The van der Waals surface area contributed by atoms with E-state index in [1.807, 2.05) is 6.07 Å². The summed E-state index contributed by atoms with van der Waals surface area (Å²) in [5.41, 5.74) is 12.5. The number of anilines is 3. The van der Waals surface area contributed by atoms with E-state index >= 15 is 0 Å². The minimum atomic E-state index is -0.275. The van der Waals surface area contributed by atoms with Gasteiger partial charge in [0.1, 0.15) is 12.0 Å². The van der Waals surface area contributed by atoms with Crippen molar-refractivity contribution in [1.82, 2.24) is 20.3 Å². The van der Waals surface area contributed by atoms with Gasteiger partial charge < -0.3 is 15.7 Å². The molecule has 1 saturated heterocycles. The topological polar surface area (TPSA) is 120 Å². The van der Waals surface area contributed by atoms with Crippen LogP contribution in [-0.2, 0) is 0 Å². The lowest BCUT2D eigenvalue weighted by Crippen LogP contribution is -2.47. The average molecular weight is 357 g/mol. The number of carbonyl (C=O) groups is 1. The molecule has 3 rings (SSSR count). The van der Waals surface area contributed by atoms with Gasteiger partial charge in [0.15, 0.2) is 11.6 Å². The number of aromatic nitrogens is 2. The molecule has 0 bridgehead atoms. The zero-order valence-corrected chi connectivity index (χ0v) is 14.4. The Labute approximate surface area is 151 Å². The summed E-state index contributed by atoms with van der Waals surface area (Å²) in [7, 11) is 0. The fourth-order valence-electron chi connectivity index (χ4n) is 2.84. The second kappa shape index (κ2) is 8.45. The highest BCUT2D eigenvalue weighted by Gasteiger charge is 2.21. The van der Waals surface area contributed by atoms with Crippen LogP contribution in [0.2, 0.25) is 0 Å². The van der Waals surface area contributed by atoms with Gasteiger partial charge in [0, 0.05) is 38.3 Å². The molecule has 1 aromatic heterocycles. The van der Waals surface area contributed by atoms with Gasteiger partial charge in [0.2, 0.25) is 0 Å². The predicted octanol–water partition coefficient (Wildman–Crippen LogP) is -0.0700. The first-order valence-corrected chi connectivity index (χ1v) is 8.49. The third-order valence-corrected chi connectivity index (χ3v) is 4.28. The van der Waals surface area contributed by atoms with Crippen LogP contribution < -0.4 is 21.5 Å². The standard InChI is InChI=1S/C17H23N7O2/c18-14-15(21-22-17(26)13-4-2-1-3-5-13)19-12-20-16(14)24-8-6-23(7-9-24)10-11-25/h1-5,12,25H,6-11,18H2,(H,22,26)(H,19,20,21). The van der Waals surface area contributed by atoms with Crippen LogP contribution in [-0.4, -0.2) is 65.2 Å². The quantitative estimate of drug-likeness (QED) is 0.531.